The second-order valence-corrected chi connectivity index (χ2v) is 2.72. The van der Waals surface area contributed by atoms with Gasteiger partial charge in [-0.05, 0) is 13.8 Å². The lowest BCUT2D eigenvalue weighted by Crippen LogP contribution is -2.15. The highest BCUT2D eigenvalue weighted by molar-refractivity contribution is 5.98. The van der Waals surface area contributed by atoms with Gasteiger partial charge in [-0.15, -0.1) is 0 Å². The van der Waals surface area contributed by atoms with Crippen LogP contribution in [0.4, 0.5) is 0 Å². The molecule has 0 aromatic carbocycles. The average Bonchev–Trinajstić information content (AvgIpc) is 2.32. The minimum Gasteiger partial charge on any atom is -0.435 e. The zero-order valence-electron chi connectivity index (χ0n) is 7.20. The second-order valence-electron chi connectivity index (χ2n) is 2.72. The second kappa shape index (κ2) is 3.67. The summed E-state index contributed by atoms with van der Waals surface area (Å²) in [7, 11) is 0. The Morgan fingerprint density at radius 3 is 2.83 bits per heavy atom. The van der Waals surface area contributed by atoms with E-state index in [9.17, 15) is 9.59 Å². The van der Waals surface area contributed by atoms with E-state index in [0.717, 1.165) is 0 Å². The Kier molecular flexibility index (Phi) is 2.81. The smallest absolute Gasteiger partial charge is 0.319 e. The summed E-state index contributed by atoms with van der Waals surface area (Å²) in [4.78, 5) is 21.8. The van der Waals surface area contributed by atoms with Crippen molar-refractivity contribution in [1.82, 2.24) is 0 Å². The van der Waals surface area contributed by atoms with Gasteiger partial charge in [-0.3, -0.25) is 9.59 Å². The fourth-order valence-corrected chi connectivity index (χ4v) is 1.17. The Bertz CT molecular complexity index is 199. The maximum Gasteiger partial charge on any atom is 0.319 e. The van der Waals surface area contributed by atoms with Gasteiger partial charge in [0.25, 0.3) is 0 Å². The fraction of sp³-hybridized carbons (Fsp3) is 0.750. The van der Waals surface area contributed by atoms with Crippen molar-refractivity contribution in [3.8, 4) is 0 Å². The number of cyclic esters (lactones) is 1. The van der Waals surface area contributed by atoms with Crippen LogP contribution in [-0.2, 0) is 19.1 Å². The van der Waals surface area contributed by atoms with Crippen molar-refractivity contribution >= 4 is 11.8 Å². The van der Waals surface area contributed by atoms with Crippen LogP contribution in [0.15, 0.2) is 0 Å². The van der Waals surface area contributed by atoms with E-state index in [0.29, 0.717) is 13.0 Å². The molecule has 4 heteroatoms. The molecule has 1 rings (SSSR count). The first-order valence-electron chi connectivity index (χ1n) is 3.97. The largest absolute Gasteiger partial charge is 0.435 e. The molecule has 0 amide bonds. The summed E-state index contributed by atoms with van der Waals surface area (Å²) in [6.07, 6.45) is -0.154. The van der Waals surface area contributed by atoms with E-state index in [2.05, 4.69) is 0 Å². The number of rotatable bonds is 3. The molecule has 0 spiro atoms. The molecule has 68 valence electrons. The van der Waals surface area contributed by atoms with Crippen molar-refractivity contribution in [2.75, 3.05) is 6.61 Å². The molecule has 0 bridgehead atoms. The third-order valence-electron chi connectivity index (χ3n) is 1.80. The van der Waals surface area contributed by atoms with Gasteiger partial charge in [-0.1, -0.05) is 0 Å². The molecule has 12 heavy (non-hydrogen) atoms. The molecule has 0 N–H and O–H groups in total. The average molecular weight is 172 g/mol. The van der Waals surface area contributed by atoms with E-state index in [-0.39, 0.29) is 5.78 Å². The first-order valence-corrected chi connectivity index (χ1v) is 3.97. The van der Waals surface area contributed by atoms with Gasteiger partial charge in [0.05, 0.1) is 0 Å². The Hall–Kier alpha value is -0.900. The molecule has 1 fully saturated rings. The molecule has 2 atom stereocenters. The quantitative estimate of drug-likeness (QED) is 0.459. The first-order chi connectivity index (χ1) is 5.65. The molecular weight excluding hydrogens is 160 g/mol. The zero-order chi connectivity index (χ0) is 9.14. The van der Waals surface area contributed by atoms with Gasteiger partial charge in [0, 0.05) is 13.0 Å². The Morgan fingerprint density at radius 1 is 1.75 bits per heavy atom. The lowest BCUT2D eigenvalue weighted by Gasteiger charge is -2.06. The van der Waals surface area contributed by atoms with Crippen molar-refractivity contribution in [3.05, 3.63) is 0 Å². The molecular formula is C8H12O4. The predicted octanol–water partition coefficient (Wildman–Crippen LogP) is 0.501. The third-order valence-corrected chi connectivity index (χ3v) is 1.80. The standard InChI is InChI=1S/C8H12O4/c1-3-11-7-4-6(5(2)9)8(10)12-7/h6-7H,3-4H2,1-2H3. The van der Waals surface area contributed by atoms with Crippen molar-refractivity contribution in [2.24, 2.45) is 5.92 Å². The SMILES string of the molecule is CCOC1CC(C(C)=O)C(=O)O1. The number of ketones is 1. The van der Waals surface area contributed by atoms with Crippen molar-refractivity contribution in [3.63, 3.8) is 0 Å². The lowest BCUT2D eigenvalue weighted by atomic mass is 10.0. The summed E-state index contributed by atoms with van der Waals surface area (Å²) in [5, 5.41) is 0. The van der Waals surface area contributed by atoms with Crippen LogP contribution < -0.4 is 0 Å². The number of carbonyl (C=O) groups is 2. The number of carbonyl (C=O) groups excluding carboxylic acids is 2. The normalized spacial score (nSPS) is 28.7. The molecule has 4 nitrogen and oxygen atoms in total. The van der Waals surface area contributed by atoms with E-state index in [4.69, 9.17) is 9.47 Å². The molecule has 1 heterocycles. The number of hydrogen-bond donors (Lipinski definition) is 0. The van der Waals surface area contributed by atoms with Gasteiger partial charge in [0.15, 0.2) is 0 Å². The van der Waals surface area contributed by atoms with E-state index >= 15 is 0 Å². The van der Waals surface area contributed by atoms with Gasteiger partial charge >= 0.3 is 5.97 Å². The van der Waals surface area contributed by atoms with Gasteiger partial charge in [0.2, 0.25) is 6.29 Å². The number of hydrogen-bond acceptors (Lipinski definition) is 4. The summed E-state index contributed by atoms with van der Waals surface area (Å²) in [5.74, 6) is -1.22. The van der Waals surface area contributed by atoms with Gasteiger partial charge in [-0.25, -0.2) is 0 Å². The van der Waals surface area contributed by atoms with Gasteiger partial charge in [0.1, 0.15) is 11.7 Å². The molecule has 0 saturated carbocycles. The monoisotopic (exact) mass is 172 g/mol. The molecule has 1 aliphatic heterocycles. The number of ether oxygens (including phenoxy) is 2. The Labute approximate surface area is 70.8 Å². The molecule has 0 aromatic rings. The van der Waals surface area contributed by atoms with Crippen LogP contribution in [0.1, 0.15) is 20.3 Å². The van der Waals surface area contributed by atoms with Crippen molar-refractivity contribution < 1.29 is 19.1 Å². The van der Waals surface area contributed by atoms with Crippen LogP contribution in [-0.4, -0.2) is 24.6 Å². The topological polar surface area (TPSA) is 52.6 Å². The lowest BCUT2D eigenvalue weighted by molar-refractivity contribution is -0.162. The van der Waals surface area contributed by atoms with Crippen LogP contribution in [0.2, 0.25) is 0 Å². The van der Waals surface area contributed by atoms with E-state index in [1.165, 1.54) is 6.92 Å². The minimum absolute atomic E-state index is 0.151. The van der Waals surface area contributed by atoms with Crippen LogP contribution in [0.25, 0.3) is 0 Å². The molecule has 1 aliphatic rings. The Morgan fingerprint density at radius 2 is 2.42 bits per heavy atom. The third kappa shape index (κ3) is 1.82. The number of esters is 1. The fourth-order valence-electron chi connectivity index (χ4n) is 1.17. The van der Waals surface area contributed by atoms with Crippen LogP contribution >= 0.6 is 0 Å². The molecule has 0 radical (unpaired) electrons. The first kappa shape index (κ1) is 9.19. The van der Waals surface area contributed by atoms with E-state index in [1.807, 2.05) is 6.92 Å². The Balaban J connectivity index is 2.50. The predicted molar refractivity (Wildman–Crippen MR) is 40.3 cm³/mol. The highest BCUT2D eigenvalue weighted by Gasteiger charge is 2.37. The highest BCUT2D eigenvalue weighted by atomic mass is 16.7. The summed E-state index contributed by atoms with van der Waals surface area (Å²) in [6, 6.07) is 0. The van der Waals surface area contributed by atoms with Crippen molar-refractivity contribution in [2.45, 2.75) is 26.6 Å². The van der Waals surface area contributed by atoms with Crippen LogP contribution in [0, 0.1) is 5.92 Å². The maximum absolute atomic E-state index is 11.0. The van der Waals surface area contributed by atoms with E-state index < -0.39 is 18.2 Å². The van der Waals surface area contributed by atoms with Gasteiger partial charge < -0.3 is 9.47 Å². The van der Waals surface area contributed by atoms with Crippen molar-refractivity contribution in [1.29, 1.82) is 0 Å². The highest BCUT2D eigenvalue weighted by Crippen LogP contribution is 2.22. The summed E-state index contributed by atoms with van der Waals surface area (Å²) >= 11 is 0. The molecule has 0 aliphatic carbocycles. The van der Waals surface area contributed by atoms with E-state index in [1.54, 1.807) is 0 Å². The summed E-state index contributed by atoms with van der Waals surface area (Å²) in [5.41, 5.74) is 0. The summed E-state index contributed by atoms with van der Waals surface area (Å²) < 4.78 is 9.85. The van der Waals surface area contributed by atoms with Crippen LogP contribution in [0.5, 0.6) is 0 Å². The zero-order valence-corrected chi connectivity index (χ0v) is 7.20. The number of Topliss-reactive ketones (excluding diaryl/α,β-unsaturated/α-hetero) is 1. The van der Waals surface area contributed by atoms with Gasteiger partial charge in [-0.2, -0.15) is 0 Å². The molecule has 2 unspecified atom stereocenters. The molecule has 0 aromatic heterocycles. The minimum atomic E-state index is -0.610. The summed E-state index contributed by atoms with van der Waals surface area (Å²) in [6.45, 7) is 3.69. The van der Waals surface area contributed by atoms with Crippen LogP contribution in [0.3, 0.4) is 0 Å². The molecule has 1 saturated heterocycles. The maximum atomic E-state index is 11.0.